The standard InChI is InChI=1S/C15H21N3O3/c1-10-8-12(11(2)20-10)14-17-16-13(21-14)9-18-6-4-15(3,19)5-7-18/h8,19H,4-7,9H2,1-3H3. The Morgan fingerprint density at radius 2 is 1.95 bits per heavy atom. The third-order valence-corrected chi connectivity index (χ3v) is 4.03. The van der Waals surface area contributed by atoms with Gasteiger partial charge in [-0.05, 0) is 39.7 Å². The van der Waals surface area contributed by atoms with E-state index in [9.17, 15) is 5.11 Å². The molecule has 3 heterocycles. The summed E-state index contributed by atoms with van der Waals surface area (Å²) in [5.41, 5.74) is 0.315. The van der Waals surface area contributed by atoms with Crippen LogP contribution in [0.2, 0.25) is 0 Å². The summed E-state index contributed by atoms with van der Waals surface area (Å²) in [6, 6.07) is 1.91. The molecule has 1 N–H and O–H groups in total. The van der Waals surface area contributed by atoms with Crippen molar-refractivity contribution in [3.05, 3.63) is 23.5 Å². The summed E-state index contributed by atoms with van der Waals surface area (Å²) in [7, 11) is 0. The molecule has 0 amide bonds. The molecule has 1 aliphatic heterocycles. The van der Waals surface area contributed by atoms with Crippen molar-refractivity contribution in [3.63, 3.8) is 0 Å². The van der Waals surface area contributed by atoms with Gasteiger partial charge in [-0.2, -0.15) is 0 Å². The van der Waals surface area contributed by atoms with Crippen LogP contribution >= 0.6 is 0 Å². The zero-order valence-electron chi connectivity index (χ0n) is 12.7. The molecule has 2 aromatic rings. The fraction of sp³-hybridized carbons (Fsp3) is 0.600. The van der Waals surface area contributed by atoms with Gasteiger partial charge in [0.25, 0.3) is 5.89 Å². The molecule has 0 bridgehead atoms. The van der Waals surface area contributed by atoms with E-state index in [1.54, 1.807) is 0 Å². The molecule has 6 nitrogen and oxygen atoms in total. The zero-order chi connectivity index (χ0) is 15.0. The van der Waals surface area contributed by atoms with Crippen molar-refractivity contribution in [3.8, 4) is 11.5 Å². The van der Waals surface area contributed by atoms with Gasteiger partial charge in [0.2, 0.25) is 5.89 Å². The predicted octanol–water partition coefficient (Wildman–Crippen LogP) is 2.29. The summed E-state index contributed by atoms with van der Waals surface area (Å²) in [5, 5.41) is 18.2. The van der Waals surface area contributed by atoms with Crippen LogP contribution in [-0.2, 0) is 6.54 Å². The van der Waals surface area contributed by atoms with Crippen molar-refractivity contribution >= 4 is 0 Å². The second-order valence-electron chi connectivity index (χ2n) is 6.10. The quantitative estimate of drug-likeness (QED) is 0.935. The lowest BCUT2D eigenvalue weighted by molar-refractivity contribution is -0.00906. The molecule has 3 rings (SSSR count). The van der Waals surface area contributed by atoms with Crippen molar-refractivity contribution < 1.29 is 13.9 Å². The fourth-order valence-electron chi connectivity index (χ4n) is 2.65. The van der Waals surface area contributed by atoms with Crippen LogP contribution in [0, 0.1) is 13.8 Å². The van der Waals surface area contributed by atoms with Crippen molar-refractivity contribution in [1.29, 1.82) is 0 Å². The average Bonchev–Trinajstić information content (AvgIpc) is 2.98. The second-order valence-corrected chi connectivity index (χ2v) is 6.10. The van der Waals surface area contributed by atoms with E-state index < -0.39 is 5.60 Å². The molecule has 2 aromatic heterocycles. The van der Waals surface area contributed by atoms with Crippen molar-refractivity contribution in [2.24, 2.45) is 0 Å². The van der Waals surface area contributed by atoms with Crippen LogP contribution < -0.4 is 0 Å². The molecule has 1 saturated heterocycles. The number of aryl methyl sites for hydroxylation is 2. The van der Waals surface area contributed by atoms with Gasteiger partial charge in [-0.25, -0.2) is 0 Å². The fourth-order valence-corrected chi connectivity index (χ4v) is 2.65. The largest absolute Gasteiger partial charge is 0.466 e. The number of hydrogen-bond donors (Lipinski definition) is 1. The van der Waals surface area contributed by atoms with Crippen molar-refractivity contribution in [2.75, 3.05) is 13.1 Å². The van der Waals surface area contributed by atoms with Gasteiger partial charge in [-0.15, -0.1) is 10.2 Å². The minimum Gasteiger partial charge on any atom is -0.466 e. The van der Waals surface area contributed by atoms with Crippen molar-refractivity contribution in [2.45, 2.75) is 45.8 Å². The van der Waals surface area contributed by atoms with Gasteiger partial charge in [-0.1, -0.05) is 0 Å². The van der Waals surface area contributed by atoms with E-state index in [1.807, 2.05) is 26.8 Å². The molecule has 21 heavy (non-hydrogen) atoms. The summed E-state index contributed by atoms with van der Waals surface area (Å²) in [6.45, 7) is 7.98. The van der Waals surface area contributed by atoms with Crippen LogP contribution in [0.3, 0.4) is 0 Å². The first-order chi connectivity index (χ1) is 9.93. The number of furan rings is 1. The molecular weight excluding hydrogens is 270 g/mol. The maximum atomic E-state index is 9.96. The molecule has 0 saturated carbocycles. The molecule has 0 aliphatic carbocycles. The molecule has 0 unspecified atom stereocenters. The Hall–Kier alpha value is -1.66. The minimum atomic E-state index is -0.540. The van der Waals surface area contributed by atoms with E-state index >= 15 is 0 Å². The summed E-state index contributed by atoms with van der Waals surface area (Å²) in [6.07, 6.45) is 1.54. The van der Waals surface area contributed by atoms with Gasteiger partial charge < -0.3 is 13.9 Å². The average molecular weight is 291 g/mol. The van der Waals surface area contributed by atoms with E-state index in [4.69, 9.17) is 8.83 Å². The maximum absolute atomic E-state index is 9.96. The highest BCUT2D eigenvalue weighted by Gasteiger charge is 2.28. The van der Waals surface area contributed by atoms with Crippen LogP contribution in [0.15, 0.2) is 14.9 Å². The van der Waals surface area contributed by atoms with Crippen LogP contribution in [0.4, 0.5) is 0 Å². The Morgan fingerprint density at radius 3 is 2.57 bits per heavy atom. The Morgan fingerprint density at radius 1 is 1.24 bits per heavy atom. The lowest BCUT2D eigenvalue weighted by Gasteiger charge is -2.34. The van der Waals surface area contributed by atoms with Crippen LogP contribution in [-0.4, -0.2) is 38.9 Å². The number of hydrogen-bond acceptors (Lipinski definition) is 6. The zero-order valence-corrected chi connectivity index (χ0v) is 12.7. The molecular formula is C15H21N3O3. The highest BCUT2D eigenvalue weighted by atomic mass is 16.4. The Kier molecular flexibility index (Phi) is 3.59. The normalized spacial score (nSPS) is 19.0. The molecule has 0 aromatic carbocycles. The summed E-state index contributed by atoms with van der Waals surface area (Å²) < 4.78 is 11.2. The molecule has 0 spiro atoms. The first-order valence-electron chi connectivity index (χ1n) is 7.27. The van der Waals surface area contributed by atoms with Gasteiger partial charge in [0.15, 0.2) is 0 Å². The topological polar surface area (TPSA) is 75.5 Å². The lowest BCUT2D eigenvalue weighted by atomic mass is 9.94. The van der Waals surface area contributed by atoms with E-state index in [0.717, 1.165) is 43.0 Å². The van der Waals surface area contributed by atoms with E-state index in [-0.39, 0.29) is 0 Å². The SMILES string of the molecule is Cc1cc(-c2nnc(CN3CCC(C)(O)CC3)o2)c(C)o1. The Bertz CT molecular complexity index is 620. The van der Waals surface area contributed by atoms with E-state index in [2.05, 4.69) is 15.1 Å². The van der Waals surface area contributed by atoms with Gasteiger partial charge in [0.05, 0.1) is 17.7 Å². The smallest absolute Gasteiger partial charge is 0.251 e. The molecule has 1 aliphatic rings. The van der Waals surface area contributed by atoms with Gasteiger partial charge >= 0.3 is 0 Å². The van der Waals surface area contributed by atoms with E-state index in [1.165, 1.54) is 0 Å². The molecule has 6 heteroatoms. The van der Waals surface area contributed by atoms with Crippen LogP contribution in [0.25, 0.3) is 11.5 Å². The Labute approximate surface area is 123 Å². The molecule has 1 fully saturated rings. The highest BCUT2D eigenvalue weighted by molar-refractivity contribution is 5.55. The number of aliphatic hydroxyl groups is 1. The van der Waals surface area contributed by atoms with Crippen molar-refractivity contribution in [1.82, 2.24) is 15.1 Å². The summed E-state index contributed by atoms with van der Waals surface area (Å²) in [4.78, 5) is 2.22. The molecule has 114 valence electrons. The highest BCUT2D eigenvalue weighted by Crippen LogP contribution is 2.26. The van der Waals surface area contributed by atoms with E-state index in [0.29, 0.717) is 18.3 Å². The Balaban J connectivity index is 1.67. The summed E-state index contributed by atoms with van der Waals surface area (Å²) >= 11 is 0. The lowest BCUT2D eigenvalue weighted by Crippen LogP contribution is -2.42. The molecule has 0 radical (unpaired) electrons. The number of aromatic nitrogens is 2. The third-order valence-electron chi connectivity index (χ3n) is 4.03. The number of piperidine rings is 1. The van der Waals surface area contributed by atoms with Crippen LogP contribution in [0.1, 0.15) is 37.2 Å². The summed E-state index contributed by atoms with van der Waals surface area (Å²) in [5.74, 6) is 2.73. The first-order valence-corrected chi connectivity index (χ1v) is 7.27. The van der Waals surface area contributed by atoms with Gasteiger partial charge in [0.1, 0.15) is 11.5 Å². The van der Waals surface area contributed by atoms with Crippen LogP contribution in [0.5, 0.6) is 0 Å². The number of nitrogens with zero attached hydrogens (tertiary/aromatic N) is 3. The maximum Gasteiger partial charge on any atom is 0.251 e. The minimum absolute atomic E-state index is 0.503. The molecule has 0 atom stereocenters. The second kappa shape index (κ2) is 5.27. The monoisotopic (exact) mass is 291 g/mol. The predicted molar refractivity (Wildman–Crippen MR) is 76.6 cm³/mol. The number of rotatable bonds is 3. The van der Waals surface area contributed by atoms with Gasteiger partial charge in [-0.3, -0.25) is 4.90 Å². The van der Waals surface area contributed by atoms with Gasteiger partial charge in [0, 0.05) is 13.1 Å². The third kappa shape index (κ3) is 3.16. The first kappa shape index (κ1) is 14.3. The number of likely N-dealkylation sites (tertiary alicyclic amines) is 1.